The number of aryl methyl sites for hydroxylation is 1. The van der Waals surface area contributed by atoms with Crippen molar-refractivity contribution in [2.45, 2.75) is 30.8 Å². The van der Waals surface area contributed by atoms with Gasteiger partial charge in [-0.2, -0.15) is 4.31 Å². The van der Waals surface area contributed by atoms with Crippen LogP contribution in [-0.4, -0.2) is 49.9 Å². The normalized spacial score (nSPS) is 16.0. The Balaban J connectivity index is 1.24. The number of benzene rings is 3. The summed E-state index contributed by atoms with van der Waals surface area (Å²) in [4.78, 5) is 17.6. The van der Waals surface area contributed by atoms with E-state index < -0.39 is 10.0 Å². The maximum Gasteiger partial charge on any atom is 0.255 e. The summed E-state index contributed by atoms with van der Waals surface area (Å²) in [5.74, 6) is -0.310. The third-order valence-corrected chi connectivity index (χ3v) is 9.15. The summed E-state index contributed by atoms with van der Waals surface area (Å²) in [7, 11) is -2.10. The second-order valence-corrected chi connectivity index (χ2v) is 12.0. The summed E-state index contributed by atoms with van der Waals surface area (Å²) in [6.45, 7) is 3.05. The first-order valence-electron chi connectivity index (χ1n) is 11.8. The van der Waals surface area contributed by atoms with Crippen LogP contribution < -0.4 is 5.32 Å². The highest BCUT2D eigenvalue weighted by atomic mass is 32.2. The number of hydrogen-bond donors (Lipinski definition) is 1. The molecule has 1 fully saturated rings. The van der Waals surface area contributed by atoms with Gasteiger partial charge in [-0.15, -0.1) is 11.3 Å². The van der Waals surface area contributed by atoms with Gasteiger partial charge in [-0.25, -0.2) is 13.4 Å². The van der Waals surface area contributed by atoms with Crippen LogP contribution >= 0.6 is 11.3 Å². The van der Waals surface area contributed by atoms with Crippen molar-refractivity contribution in [3.8, 4) is 10.6 Å². The topological polar surface area (TPSA) is 88.6 Å². The number of carbonyl (C=O) groups is 1. The van der Waals surface area contributed by atoms with E-state index in [2.05, 4.69) is 24.4 Å². The molecule has 0 radical (unpaired) electrons. The number of ether oxygens (including phenoxy) is 1. The molecule has 0 aliphatic carbocycles. The fourth-order valence-corrected chi connectivity index (χ4v) is 6.46. The van der Waals surface area contributed by atoms with Gasteiger partial charge in [-0.05, 0) is 86.0 Å². The van der Waals surface area contributed by atoms with Crippen LogP contribution in [0.2, 0.25) is 0 Å². The van der Waals surface area contributed by atoms with Gasteiger partial charge in [0.15, 0.2) is 0 Å². The first-order chi connectivity index (χ1) is 17.3. The SMILES string of the molecule is Cc1ccc2nc(-c3ccc(NC(=O)c4ccc(S(=O)(=O)N(C)CC5CCCO5)cc4)cc3)sc2c1. The zero-order chi connectivity index (χ0) is 25.3. The maximum absolute atomic E-state index is 12.9. The average Bonchev–Trinajstić information content (AvgIpc) is 3.54. The second-order valence-electron chi connectivity index (χ2n) is 8.97. The Morgan fingerprint density at radius 1 is 1.11 bits per heavy atom. The molecule has 1 atom stereocenters. The maximum atomic E-state index is 12.9. The van der Waals surface area contributed by atoms with E-state index in [9.17, 15) is 13.2 Å². The third kappa shape index (κ3) is 5.19. The van der Waals surface area contributed by atoms with Gasteiger partial charge in [-0.3, -0.25) is 4.79 Å². The zero-order valence-corrected chi connectivity index (χ0v) is 21.7. The summed E-state index contributed by atoms with van der Waals surface area (Å²) in [5, 5.41) is 3.79. The Morgan fingerprint density at radius 3 is 2.56 bits per heavy atom. The van der Waals surface area contributed by atoms with Crippen molar-refractivity contribution >= 4 is 43.2 Å². The van der Waals surface area contributed by atoms with E-state index >= 15 is 0 Å². The lowest BCUT2D eigenvalue weighted by Crippen LogP contribution is -2.34. The molecule has 186 valence electrons. The van der Waals surface area contributed by atoms with Crippen molar-refractivity contribution in [2.24, 2.45) is 0 Å². The minimum absolute atomic E-state index is 0.0694. The minimum atomic E-state index is -3.65. The quantitative estimate of drug-likeness (QED) is 0.355. The van der Waals surface area contributed by atoms with Crippen molar-refractivity contribution in [2.75, 3.05) is 25.5 Å². The van der Waals surface area contributed by atoms with Gasteiger partial charge in [-0.1, -0.05) is 6.07 Å². The number of fused-ring (bicyclic) bond motifs is 1. The molecule has 1 N–H and O–H groups in total. The summed E-state index contributed by atoms with van der Waals surface area (Å²) >= 11 is 1.64. The minimum Gasteiger partial charge on any atom is -0.377 e. The summed E-state index contributed by atoms with van der Waals surface area (Å²) < 4.78 is 33.8. The first kappa shape index (κ1) is 24.6. The summed E-state index contributed by atoms with van der Waals surface area (Å²) in [5.41, 5.74) is 4.18. The standard InChI is InChI=1S/C27H27N3O4S2/c1-18-5-14-24-25(16-18)35-27(29-24)20-6-10-21(11-7-20)28-26(31)19-8-12-23(13-9-19)36(32,33)30(2)17-22-4-3-15-34-22/h5-14,16,22H,3-4,15,17H2,1-2H3,(H,28,31). The monoisotopic (exact) mass is 521 g/mol. The molecule has 1 unspecified atom stereocenters. The number of carbonyl (C=O) groups excluding carboxylic acids is 1. The van der Waals surface area contributed by atoms with Crippen molar-refractivity contribution in [1.29, 1.82) is 0 Å². The molecule has 1 aromatic heterocycles. The number of likely N-dealkylation sites (N-methyl/N-ethyl adjacent to an activating group) is 1. The highest BCUT2D eigenvalue weighted by Gasteiger charge is 2.26. The van der Waals surface area contributed by atoms with Crippen molar-refractivity contribution in [3.63, 3.8) is 0 Å². The molecule has 7 nitrogen and oxygen atoms in total. The van der Waals surface area contributed by atoms with Gasteiger partial charge < -0.3 is 10.1 Å². The summed E-state index contributed by atoms with van der Waals surface area (Å²) in [6, 6.07) is 19.7. The molecule has 4 aromatic rings. The van der Waals surface area contributed by atoms with Gasteiger partial charge in [0.25, 0.3) is 5.91 Å². The van der Waals surface area contributed by atoms with Crippen LogP contribution in [0, 0.1) is 6.92 Å². The van der Waals surface area contributed by atoms with Crippen LogP contribution in [0.4, 0.5) is 5.69 Å². The Kier molecular flexibility index (Phi) is 6.90. The number of amides is 1. The molecule has 2 heterocycles. The van der Waals surface area contributed by atoms with E-state index in [1.165, 1.54) is 34.1 Å². The molecule has 1 saturated heterocycles. The Morgan fingerprint density at radius 2 is 1.86 bits per heavy atom. The van der Waals surface area contributed by atoms with Gasteiger partial charge in [0.05, 0.1) is 21.2 Å². The molecule has 0 bridgehead atoms. The van der Waals surface area contributed by atoms with Gasteiger partial charge >= 0.3 is 0 Å². The third-order valence-electron chi connectivity index (χ3n) is 6.24. The van der Waals surface area contributed by atoms with Crippen LogP contribution in [0.1, 0.15) is 28.8 Å². The fraction of sp³-hybridized carbons (Fsp3) is 0.259. The van der Waals surface area contributed by atoms with E-state index in [1.807, 2.05) is 30.3 Å². The fourth-order valence-electron chi connectivity index (χ4n) is 4.19. The van der Waals surface area contributed by atoms with Crippen LogP contribution in [-0.2, 0) is 14.8 Å². The lowest BCUT2D eigenvalue weighted by Gasteiger charge is -2.20. The largest absolute Gasteiger partial charge is 0.377 e. The second kappa shape index (κ2) is 10.1. The van der Waals surface area contributed by atoms with E-state index in [1.54, 1.807) is 18.4 Å². The molecule has 0 spiro atoms. The Labute approximate surface area is 214 Å². The molecule has 1 aliphatic rings. The first-order valence-corrected chi connectivity index (χ1v) is 14.0. The molecule has 0 saturated carbocycles. The lowest BCUT2D eigenvalue weighted by molar-refractivity contribution is 0.0979. The number of rotatable bonds is 7. The number of thiazole rings is 1. The van der Waals surface area contributed by atoms with E-state index in [-0.39, 0.29) is 16.9 Å². The Hall–Kier alpha value is -3.11. The summed E-state index contributed by atoms with van der Waals surface area (Å²) in [6.07, 6.45) is 1.74. The van der Waals surface area contributed by atoms with Crippen LogP contribution in [0.3, 0.4) is 0 Å². The molecule has 36 heavy (non-hydrogen) atoms. The lowest BCUT2D eigenvalue weighted by atomic mass is 10.2. The van der Waals surface area contributed by atoms with Crippen LogP contribution in [0.5, 0.6) is 0 Å². The van der Waals surface area contributed by atoms with Crippen molar-refractivity contribution in [3.05, 3.63) is 77.9 Å². The zero-order valence-electron chi connectivity index (χ0n) is 20.1. The number of aromatic nitrogens is 1. The van der Waals surface area contributed by atoms with Crippen LogP contribution in [0.15, 0.2) is 71.6 Å². The highest BCUT2D eigenvalue weighted by molar-refractivity contribution is 7.89. The number of nitrogens with one attached hydrogen (secondary N) is 1. The average molecular weight is 522 g/mol. The Bertz CT molecular complexity index is 1490. The van der Waals surface area contributed by atoms with E-state index in [4.69, 9.17) is 9.72 Å². The number of nitrogens with zero attached hydrogens (tertiary/aromatic N) is 2. The molecular formula is C27H27N3O4S2. The van der Waals surface area contributed by atoms with E-state index in [0.717, 1.165) is 33.6 Å². The predicted molar refractivity (Wildman–Crippen MR) is 143 cm³/mol. The van der Waals surface area contributed by atoms with Gasteiger partial charge in [0.1, 0.15) is 5.01 Å². The van der Waals surface area contributed by atoms with Crippen molar-refractivity contribution < 1.29 is 17.9 Å². The number of anilines is 1. The number of hydrogen-bond acceptors (Lipinski definition) is 6. The van der Waals surface area contributed by atoms with E-state index in [0.29, 0.717) is 24.4 Å². The van der Waals surface area contributed by atoms with Gasteiger partial charge in [0.2, 0.25) is 10.0 Å². The molecule has 9 heteroatoms. The predicted octanol–water partition coefficient (Wildman–Crippen LogP) is 5.32. The molecule has 5 rings (SSSR count). The molecule has 3 aromatic carbocycles. The molecule has 1 aliphatic heterocycles. The number of sulfonamides is 1. The van der Waals surface area contributed by atoms with Gasteiger partial charge in [0, 0.05) is 37.0 Å². The van der Waals surface area contributed by atoms with Crippen LogP contribution in [0.25, 0.3) is 20.8 Å². The molecule has 1 amide bonds. The highest BCUT2D eigenvalue weighted by Crippen LogP contribution is 2.31. The van der Waals surface area contributed by atoms with Crippen molar-refractivity contribution in [1.82, 2.24) is 9.29 Å². The molecular weight excluding hydrogens is 494 g/mol. The smallest absolute Gasteiger partial charge is 0.255 e.